The normalized spacial score (nSPS) is 28.8. The van der Waals surface area contributed by atoms with Gasteiger partial charge in [-0.25, -0.2) is 0 Å². The molecule has 0 aromatic heterocycles. The van der Waals surface area contributed by atoms with Crippen LogP contribution < -0.4 is 5.11 Å². The molecule has 0 amide bonds. The summed E-state index contributed by atoms with van der Waals surface area (Å²) >= 11 is 0. The van der Waals surface area contributed by atoms with Crippen molar-refractivity contribution in [3.8, 4) is 0 Å². The molecule has 14 heavy (non-hydrogen) atoms. The summed E-state index contributed by atoms with van der Waals surface area (Å²) in [4.78, 5) is 10.6. The Morgan fingerprint density at radius 1 is 1.21 bits per heavy atom. The quantitative estimate of drug-likeness (QED) is 0.611. The summed E-state index contributed by atoms with van der Waals surface area (Å²) in [5.41, 5.74) is 0. The fourth-order valence-corrected chi connectivity index (χ4v) is 2.36. The molecule has 0 aromatic carbocycles. The Morgan fingerprint density at radius 3 is 2.07 bits per heavy atom. The smallest absolute Gasteiger partial charge is 0.0809 e. The van der Waals surface area contributed by atoms with Crippen molar-refractivity contribution >= 4 is 5.97 Å². The number of rotatable bonds is 3. The first-order chi connectivity index (χ1) is 6.38. The van der Waals surface area contributed by atoms with Crippen molar-refractivity contribution in [1.82, 2.24) is 0 Å². The number of carboxylic acid groups (broad SMARTS) is 1. The Bertz CT molecular complexity index is 200. The van der Waals surface area contributed by atoms with Crippen LogP contribution in [-0.4, -0.2) is 38.1 Å². The predicted octanol–water partition coefficient (Wildman–Crippen LogP) is 0.249. The molecule has 0 radical (unpaired) electrons. The summed E-state index contributed by atoms with van der Waals surface area (Å²) in [5.74, 6) is -0.335. The van der Waals surface area contributed by atoms with E-state index < -0.39 is 5.97 Å². The van der Waals surface area contributed by atoms with Crippen LogP contribution in [0.4, 0.5) is 0 Å². The van der Waals surface area contributed by atoms with Crippen LogP contribution in [0.1, 0.15) is 25.7 Å². The van der Waals surface area contributed by atoms with Gasteiger partial charge in [0, 0.05) is 11.9 Å². The van der Waals surface area contributed by atoms with E-state index in [9.17, 15) is 9.90 Å². The Kier molecular flexibility index (Phi) is 3.53. The molecule has 0 bridgehead atoms. The molecule has 0 aliphatic heterocycles. The highest BCUT2D eigenvalue weighted by Gasteiger charge is 2.25. The highest BCUT2D eigenvalue weighted by atomic mass is 16.4. The average molecular weight is 199 g/mol. The van der Waals surface area contributed by atoms with Gasteiger partial charge in [-0.05, 0) is 31.6 Å². The van der Waals surface area contributed by atoms with Crippen molar-refractivity contribution < 1.29 is 14.4 Å². The van der Waals surface area contributed by atoms with Gasteiger partial charge >= 0.3 is 0 Å². The van der Waals surface area contributed by atoms with Crippen molar-refractivity contribution in [2.24, 2.45) is 11.8 Å². The molecule has 1 saturated carbocycles. The zero-order chi connectivity index (χ0) is 10.8. The van der Waals surface area contributed by atoms with Gasteiger partial charge in [0.1, 0.15) is 0 Å². The monoisotopic (exact) mass is 199 g/mol. The Labute approximate surface area is 86.3 Å². The molecule has 3 heteroatoms. The van der Waals surface area contributed by atoms with E-state index in [1.54, 1.807) is 0 Å². The predicted molar refractivity (Wildman–Crippen MR) is 53.4 cm³/mol. The third kappa shape index (κ3) is 3.66. The highest BCUT2D eigenvalue weighted by Crippen LogP contribution is 2.29. The summed E-state index contributed by atoms with van der Waals surface area (Å²) in [6.07, 6.45) is 3.72. The minimum absolute atomic E-state index is 0.182. The SMILES string of the molecule is C[N+](C)(C)CC1CCC(C(=O)[O-])CC1. The van der Waals surface area contributed by atoms with Gasteiger partial charge in [0.25, 0.3) is 0 Å². The van der Waals surface area contributed by atoms with Crippen LogP contribution >= 0.6 is 0 Å². The van der Waals surface area contributed by atoms with Crippen LogP contribution in [0, 0.1) is 11.8 Å². The lowest BCUT2D eigenvalue weighted by atomic mass is 9.81. The maximum absolute atomic E-state index is 10.6. The molecule has 0 saturated heterocycles. The Hall–Kier alpha value is -0.570. The summed E-state index contributed by atoms with van der Waals surface area (Å²) in [7, 11) is 6.56. The average Bonchev–Trinajstić information content (AvgIpc) is 2.02. The van der Waals surface area contributed by atoms with Crippen molar-refractivity contribution in [1.29, 1.82) is 0 Å². The molecule has 1 fully saturated rings. The summed E-state index contributed by atoms with van der Waals surface area (Å²) in [5, 5.41) is 10.6. The molecule has 82 valence electrons. The topological polar surface area (TPSA) is 40.1 Å². The van der Waals surface area contributed by atoms with Crippen LogP contribution in [0.3, 0.4) is 0 Å². The van der Waals surface area contributed by atoms with Gasteiger partial charge in [-0.1, -0.05) is 0 Å². The van der Waals surface area contributed by atoms with E-state index in [4.69, 9.17) is 0 Å². The van der Waals surface area contributed by atoms with Gasteiger partial charge in [-0.3, -0.25) is 0 Å². The zero-order valence-corrected chi connectivity index (χ0v) is 9.45. The molecule has 1 aliphatic rings. The molecule has 1 rings (SSSR count). The van der Waals surface area contributed by atoms with E-state index in [0.29, 0.717) is 5.92 Å². The van der Waals surface area contributed by atoms with Gasteiger partial charge < -0.3 is 14.4 Å². The third-order valence-corrected chi connectivity index (χ3v) is 2.99. The second-order valence-corrected chi connectivity index (χ2v) is 5.51. The van der Waals surface area contributed by atoms with E-state index in [1.807, 2.05) is 0 Å². The minimum Gasteiger partial charge on any atom is -0.550 e. The molecule has 0 heterocycles. The molecule has 0 atom stereocenters. The van der Waals surface area contributed by atoms with E-state index in [2.05, 4.69) is 21.1 Å². The highest BCUT2D eigenvalue weighted by molar-refractivity contribution is 5.67. The minimum atomic E-state index is -0.853. The van der Waals surface area contributed by atoms with Gasteiger partial charge in [0.15, 0.2) is 0 Å². The largest absolute Gasteiger partial charge is 0.550 e. The fourth-order valence-electron chi connectivity index (χ4n) is 2.36. The first kappa shape index (κ1) is 11.5. The van der Waals surface area contributed by atoms with Crippen LogP contribution in [0.2, 0.25) is 0 Å². The second-order valence-electron chi connectivity index (χ2n) is 5.51. The van der Waals surface area contributed by atoms with Crippen molar-refractivity contribution in [3.05, 3.63) is 0 Å². The van der Waals surface area contributed by atoms with E-state index in [0.717, 1.165) is 36.7 Å². The van der Waals surface area contributed by atoms with Crippen LogP contribution in [0.5, 0.6) is 0 Å². The lowest BCUT2D eigenvalue weighted by Crippen LogP contribution is -2.41. The standard InChI is InChI=1S/C11H21NO2/c1-12(2,3)8-9-4-6-10(7-5-9)11(13)14/h9-10H,4-8H2,1-3H3. The van der Waals surface area contributed by atoms with Crippen molar-refractivity contribution in [3.63, 3.8) is 0 Å². The summed E-state index contributed by atoms with van der Waals surface area (Å²) in [6, 6.07) is 0. The summed E-state index contributed by atoms with van der Waals surface area (Å²) in [6.45, 7) is 1.15. The van der Waals surface area contributed by atoms with Crippen molar-refractivity contribution in [2.75, 3.05) is 27.7 Å². The Morgan fingerprint density at radius 2 is 1.71 bits per heavy atom. The first-order valence-electron chi connectivity index (χ1n) is 5.40. The van der Waals surface area contributed by atoms with Gasteiger partial charge in [0.2, 0.25) is 0 Å². The number of hydrogen-bond acceptors (Lipinski definition) is 2. The second kappa shape index (κ2) is 4.30. The molecule has 0 spiro atoms. The zero-order valence-electron chi connectivity index (χ0n) is 9.45. The number of carbonyl (C=O) groups is 1. The van der Waals surface area contributed by atoms with E-state index in [1.165, 1.54) is 0 Å². The van der Waals surface area contributed by atoms with Crippen LogP contribution in [-0.2, 0) is 4.79 Å². The Balaban J connectivity index is 2.33. The number of aliphatic carboxylic acids is 1. The molecule has 1 aliphatic carbocycles. The number of quaternary nitrogens is 1. The van der Waals surface area contributed by atoms with E-state index >= 15 is 0 Å². The number of carbonyl (C=O) groups excluding carboxylic acids is 1. The molecular formula is C11H21NO2. The first-order valence-corrected chi connectivity index (χ1v) is 5.40. The molecular weight excluding hydrogens is 178 g/mol. The summed E-state index contributed by atoms with van der Waals surface area (Å²) < 4.78 is 0.973. The van der Waals surface area contributed by atoms with Crippen LogP contribution in [0.25, 0.3) is 0 Å². The molecule has 0 aromatic rings. The van der Waals surface area contributed by atoms with Gasteiger partial charge in [-0.2, -0.15) is 0 Å². The number of nitrogens with zero attached hydrogens (tertiary/aromatic N) is 1. The lowest BCUT2D eigenvalue weighted by Gasteiger charge is -2.34. The molecule has 3 nitrogen and oxygen atoms in total. The maximum Gasteiger partial charge on any atom is 0.0809 e. The van der Waals surface area contributed by atoms with Gasteiger partial charge in [-0.15, -0.1) is 0 Å². The number of hydrogen-bond donors (Lipinski definition) is 0. The third-order valence-electron chi connectivity index (χ3n) is 2.99. The van der Waals surface area contributed by atoms with Crippen LogP contribution in [0.15, 0.2) is 0 Å². The number of carboxylic acids is 1. The lowest BCUT2D eigenvalue weighted by molar-refractivity contribution is -0.874. The molecule has 0 unspecified atom stereocenters. The molecule has 0 N–H and O–H groups in total. The van der Waals surface area contributed by atoms with Gasteiger partial charge in [0.05, 0.1) is 27.7 Å². The maximum atomic E-state index is 10.6. The van der Waals surface area contributed by atoms with E-state index in [-0.39, 0.29) is 5.92 Å². The fraction of sp³-hybridized carbons (Fsp3) is 0.909. The van der Waals surface area contributed by atoms with Crippen molar-refractivity contribution in [2.45, 2.75) is 25.7 Å².